The van der Waals surface area contributed by atoms with Gasteiger partial charge >= 0.3 is 12.3 Å². The van der Waals surface area contributed by atoms with Gasteiger partial charge in [-0.1, -0.05) is 30.3 Å². The number of rotatable bonds is 4. The summed E-state index contributed by atoms with van der Waals surface area (Å²) in [4.78, 5) is 1.44. The van der Waals surface area contributed by atoms with E-state index in [-0.39, 0.29) is 12.6 Å². The molecule has 1 saturated heterocycles. The van der Waals surface area contributed by atoms with Crippen LogP contribution in [-0.2, 0) is 5.54 Å². The van der Waals surface area contributed by atoms with Crippen molar-refractivity contribution < 1.29 is 17.6 Å². The van der Waals surface area contributed by atoms with Gasteiger partial charge in [-0.3, -0.25) is 4.90 Å². The zero-order valence-corrected chi connectivity index (χ0v) is 12.1. The van der Waals surface area contributed by atoms with Gasteiger partial charge in [0, 0.05) is 19.1 Å². The molecule has 0 bridgehead atoms. The van der Waals surface area contributed by atoms with E-state index in [1.807, 2.05) is 37.3 Å². The minimum absolute atomic E-state index is 0.216. The van der Waals surface area contributed by atoms with Crippen LogP contribution in [0.1, 0.15) is 19.4 Å². The van der Waals surface area contributed by atoms with Gasteiger partial charge in [0.05, 0.1) is 12.1 Å². The monoisotopic (exact) mass is 304 g/mol. The molecule has 1 N–H and O–H groups in total. The molecular formula is C15H20F4N2. The molecule has 21 heavy (non-hydrogen) atoms. The third-order valence-corrected chi connectivity index (χ3v) is 4.07. The van der Waals surface area contributed by atoms with Gasteiger partial charge in [-0.15, -0.1) is 0 Å². The van der Waals surface area contributed by atoms with E-state index < -0.39 is 24.4 Å². The minimum Gasteiger partial charge on any atom is -0.305 e. The zero-order valence-electron chi connectivity index (χ0n) is 12.1. The van der Waals surface area contributed by atoms with Crippen LogP contribution in [0.3, 0.4) is 0 Å². The van der Waals surface area contributed by atoms with E-state index in [1.165, 1.54) is 4.90 Å². The normalized spacial score (nSPS) is 28.0. The van der Waals surface area contributed by atoms with Crippen molar-refractivity contribution in [3.05, 3.63) is 35.9 Å². The van der Waals surface area contributed by atoms with E-state index in [9.17, 15) is 17.6 Å². The third-order valence-electron chi connectivity index (χ3n) is 4.07. The van der Waals surface area contributed by atoms with Crippen molar-refractivity contribution in [2.45, 2.75) is 37.8 Å². The lowest BCUT2D eigenvalue weighted by molar-refractivity contribution is -0.150. The molecule has 1 heterocycles. The number of nitrogens with one attached hydrogen (secondary N) is 1. The summed E-state index contributed by atoms with van der Waals surface area (Å²) < 4.78 is 51.5. The van der Waals surface area contributed by atoms with E-state index in [0.29, 0.717) is 6.54 Å². The molecule has 0 spiro atoms. The summed E-state index contributed by atoms with van der Waals surface area (Å²) >= 11 is 0. The molecule has 1 aliphatic rings. The Morgan fingerprint density at radius 1 is 1.33 bits per heavy atom. The lowest BCUT2D eigenvalue weighted by atomic mass is 9.88. The average Bonchev–Trinajstić information content (AvgIpc) is 2.44. The van der Waals surface area contributed by atoms with Gasteiger partial charge in [-0.05, 0) is 19.4 Å². The molecule has 2 rings (SSSR count). The van der Waals surface area contributed by atoms with E-state index in [0.717, 1.165) is 5.56 Å². The second-order valence-electron chi connectivity index (χ2n) is 5.89. The maximum absolute atomic E-state index is 13.3. The third kappa shape index (κ3) is 3.55. The molecule has 1 aliphatic heterocycles. The molecule has 0 radical (unpaired) electrons. The second kappa shape index (κ2) is 5.93. The molecule has 2 unspecified atom stereocenters. The van der Waals surface area contributed by atoms with Crippen molar-refractivity contribution in [2.75, 3.05) is 19.6 Å². The van der Waals surface area contributed by atoms with Crippen molar-refractivity contribution in [3.63, 3.8) is 0 Å². The van der Waals surface area contributed by atoms with Crippen LogP contribution < -0.4 is 5.32 Å². The Bertz CT molecular complexity index is 466. The summed E-state index contributed by atoms with van der Waals surface area (Å²) in [5.74, 6) is -3.98. The predicted octanol–water partition coefficient (Wildman–Crippen LogP) is 3.10. The Morgan fingerprint density at radius 2 is 1.95 bits per heavy atom. The summed E-state index contributed by atoms with van der Waals surface area (Å²) in [6.45, 7) is 3.49. The highest BCUT2D eigenvalue weighted by molar-refractivity contribution is 5.25. The smallest absolute Gasteiger partial charge is 0.305 e. The molecule has 6 heteroatoms. The minimum atomic E-state index is -3.98. The number of hydrogen-bond acceptors (Lipinski definition) is 2. The van der Waals surface area contributed by atoms with Crippen molar-refractivity contribution in [3.8, 4) is 0 Å². The van der Waals surface area contributed by atoms with Crippen molar-refractivity contribution in [1.82, 2.24) is 10.2 Å². The van der Waals surface area contributed by atoms with Crippen molar-refractivity contribution >= 4 is 0 Å². The Kier molecular flexibility index (Phi) is 4.58. The van der Waals surface area contributed by atoms with Crippen LogP contribution in [0.4, 0.5) is 17.6 Å². The fourth-order valence-electron chi connectivity index (χ4n) is 2.67. The highest BCUT2D eigenvalue weighted by atomic mass is 19.3. The number of piperazine rings is 1. The van der Waals surface area contributed by atoms with Crippen molar-refractivity contribution in [1.29, 1.82) is 0 Å². The summed E-state index contributed by atoms with van der Waals surface area (Å²) in [5, 5.41) is 3.33. The Balaban J connectivity index is 2.16. The molecule has 0 saturated carbocycles. The number of benzene rings is 1. The lowest BCUT2D eigenvalue weighted by Crippen LogP contribution is -2.62. The van der Waals surface area contributed by atoms with Crippen LogP contribution >= 0.6 is 0 Å². The number of halogens is 4. The van der Waals surface area contributed by atoms with E-state index in [4.69, 9.17) is 0 Å². The van der Waals surface area contributed by atoms with Crippen LogP contribution in [0.2, 0.25) is 0 Å². The quantitative estimate of drug-likeness (QED) is 0.860. The van der Waals surface area contributed by atoms with E-state index in [2.05, 4.69) is 5.32 Å². The van der Waals surface area contributed by atoms with Gasteiger partial charge in [0.2, 0.25) is 0 Å². The first-order valence-corrected chi connectivity index (χ1v) is 6.95. The average molecular weight is 304 g/mol. The fourth-order valence-corrected chi connectivity index (χ4v) is 2.67. The molecule has 118 valence electrons. The van der Waals surface area contributed by atoms with Crippen LogP contribution in [0.25, 0.3) is 0 Å². The molecule has 1 fully saturated rings. The predicted molar refractivity (Wildman–Crippen MR) is 73.8 cm³/mol. The number of hydrogen-bond donors (Lipinski definition) is 1. The second-order valence-corrected chi connectivity index (χ2v) is 5.89. The maximum Gasteiger partial charge on any atom is 0.319 e. The van der Waals surface area contributed by atoms with Gasteiger partial charge in [-0.2, -0.15) is 8.78 Å². The maximum atomic E-state index is 13.3. The summed E-state index contributed by atoms with van der Waals surface area (Å²) in [6.07, 6.45) is -3.64. The summed E-state index contributed by atoms with van der Waals surface area (Å²) in [6, 6.07) is 9.22. The number of nitrogens with zero attached hydrogens (tertiary/aromatic N) is 1. The molecule has 0 aliphatic carbocycles. The first-order chi connectivity index (χ1) is 9.74. The molecule has 1 aromatic rings. The molecular weight excluding hydrogens is 284 g/mol. The number of alkyl halides is 4. The van der Waals surface area contributed by atoms with Gasteiger partial charge in [0.15, 0.2) is 0 Å². The first-order valence-electron chi connectivity index (χ1n) is 6.95. The topological polar surface area (TPSA) is 15.3 Å². The lowest BCUT2D eigenvalue weighted by Gasteiger charge is -2.46. The van der Waals surface area contributed by atoms with Crippen LogP contribution in [-0.4, -0.2) is 42.9 Å². The molecule has 1 aromatic carbocycles. The summed E-state index contributed by atoms with van der Waals surface area (Å²) in [5.41, 5.74) is 0.439. The fraction of sp³-hybridized carbons (Fsp3) is 0.600. The first kappa shape index (κ1) is 16.2. The Morgan fingerprint density at radius 3 is 2.52 bits per heavy atom. The van der Waals surface area contributed by atoms with Gasteiger partial charge < -0.3 is 5.32 Å². The Labute approximate surface area is 122 Å². The molecule has 0 amide bonds. The highest BCUT2D eigenvalue weighted by Gasteiger charge is 2.45. The molecule has 2 nitrogen and oxygen atoms in total. The van der Waals surface area contributed by atoms with Gasteiger partial charge in [-0.25, -0.2) is 8.78 Å². The largest absolute Gasteiger partial charge is 0.319 e. The molecule has 0 aromatic heterocycles. The van der Waals surface area contributed by atoms with Gasteiger partial charge in [0.25, 0.3) is 0 Å². The van der Waals surface area contributed by atoms with E-state index >= 15 is 0 Å². The SMILES string of the molecule is CC1CNC(C)(c2ccccc2)CN1CC(F)(F)C(F)F. The standard InChI is InChI=1S/C15H20F4N2/c1-11-8-20-14(2,12-6-4-3-5-7-12)9-21(11)10-15(18,19)13(16)17/h3-7,11,13,20H,8-10H2,1-2H3. The van der Waals surface area contributed by atoms with Crippen LogP contribution in [0.5, 0.6) is 0 Å². The van der Waals surface area contributed by atoms with Crippen LogP contribution in [0, 0.1) is 0 Å². The summed E-state index contributed by atoms with van der Waals surface area (Å²) in [7, 11) is 0. The highest BCUT2D eigenvalue weighted by Crippen LogP contribution is 2.30. The van der Waals surface area contributed by atoms with E-state index in [1.54, 1.807) is 6.92 Å². The van der Waals surface area contributed by atoms with Crippen LogP contribution in [0.15, 0.2) is 30.3 Å². The molecule has 2 atom stereocenters. The van der Waals surface area contributed by atoms with Gasteiger partial charge in [0.1, 0.15) is 0 Å². The Hall–Kier alpha value is -1.14. The van der Waals surface area contributed by atoms with Crippen molar-refractivity contribution in [2.24, 2.45) is 0 Å². The zero-order chi connectivity index (χ0) is 15.7.